The average Bonchev–Trinajstić information content (AvgIpc) is 2.54. The normalized spacial score (nSPS) is 17.3. The van der Waals surface area contributed by atoms with Crippen molar-refractivity contribution in [1.29, 1.82) is 0 Å². The van der Waals surface area contributed by atoms with Crippen LogP contribution in [0.4, 0.5) is 0 Å². The van der Waals surface area contributed by atoms with Crippen molar-refractivity contribution in [3.8, 4) is 0 Å². The summed E-state index contributed by atoms with van der Waals surface area (Å²) in [6.45, 7) is 2.78. The van der Waals surface area contributed by atoms with E-state index >= 15 is 0 Å². The van der Waals surface area contributed by atoms with Gasteiger partial charge in [0.05, 0.1) is 5.60 Å². The second-order valence-electron chi connectivity index (χ2n) is 6.05. The summed E-state index contributed by atoms with van der Waals surface area (Å²) in [5, 5.41) is 29.4. The Bertz CT molecular complexity index is 546. The first-order valence-electron chi connectivity index (χ1n) is 7.91. The number of carboxylic acids is 2. The number of hydrogen-bond donors (Lipinski definition) is 4. The monoisotopic (exact) mass is 357 g/mol. The topological polar surface area (TPSA) is 107 Å². The molecule has 0 radical (unpaired) electrons. The van der Waals surface area contributed by atoms with Gasteiger partial charge in [-0.15, -0.1) is 0 Å². The molecule has 4 N–H and O–H groups in total. The molecular weight excluding hydrogens is 334 g/mol. The van der Waals surface area contributed by atoms with Gasteiger partial charge in [0.15, 0.2) is 0 Å². The molecule has 6 nitrogen and oxygen atoms in total. The van der Waals surface area contributed by atoms with E-state index in [1.807, 2.05) is 18.2 Å². The minimum Gasteiger partial charge on any atom is -0.473 e. The summed E-state index contributed by atoms with van der Waals surface area (Å²) in [5.74, 6) is -3.65. The highest BCUT2D eigenvalue weighted by Crippen LogP contribution is 2.28. The third kappa shape index (κ3) is 7.29. The molecule has 1 fully saturated rings. The highest BCUT2D eigenvalue weighted by Gasteiger charge is 2.29. The molecule has 7 heteroatoms. The minimum absolute atomic E-state index is 0.217. The van der Waals surface area contributed by atoms with Gasteiger partial charge in [0.1, 0.15) is 0 Å². The van der Waals surface area contributed by atoms with Gasteiger partial charge in [0, 0.05) is 17.6 Å². The number of nitrogens with one attached hydrogen (secondary N) is 1. The molecule has 1 aromatic rings. The molecule has 2 rings (SSSR count). The number of carboxylic acid groups (broad SMARTS) is 2. The van der Waals surface area contributed by atoms with E-state index in [1.54, 1.807) is 0 Å². The van der Waals surface area contributed by atoms with Crippen LogP contribution in [0.2, 0.25) is 5.02 Å². The second kappa shape index (κ2) is 9.61. The van der Waals surface area contributed by atoms with Crippen LogP contribution in [-0.4, -0.2) is 39.4 Å². The van der Waals surface area contributed by atoms with Crippen molar-refractivity contribution < 1.29 is 24.9 Å². The first kappa shape index (κ1) is 20.4. The molecule has 0 spiro atoms. The summed E-state index contributed by atoms with van der Waals surface area (Å²) in [7, 11) is 0. The molecule has 0 bridgehead atoms. The van der Waals surface area contributed by atoms with Crippen LogP contribution in [0.25, 0.3) is 0 Å². The van der Waals surface area contributed by atoms with Crippen LogP contribution in [0.15, 0.2) is 24.3 Å². The Morgan fingerprint density at radius 1 is 1.21 bits per heavy atom. The van der Waals surface area contributed by atoms with E-state index in [9.17, 15) is 5.11 Å². The second-order valence-corrected chi connectivity index (χ2v) is 6.49. The van der Waals surface area contributed by atoms with Crippen molar-refractivity contribution in [2.75, 3.05) is 6.54 Å². The zero-order valence-electron chi connectivity index (χ0n) is 13.7. The molecule has 1 atom stereocenters. The first-order valence-corrected chi connectivity index (χ1v) is 8.29. The summed E-state index contributed by atoms with van der Waals surface area (Å²) < 4.78 is 0. The van der Waals surface area contributed by atoms with Gasteiger partial charge in [0.2, 0.25) is 0 Å². The number of aliphatic hydroxyl groups is 1. The largest absolute Gasteiger partial charge is 0.473 e. The van der Waals surface area contributed by atoms with Gasteiger partial charge in [0.25, 0.3) is 0 Å². The Morgan fingerprint density at radius 2 is 1.79 bits per heavy atom. The molecule has 1 aliphatic carbocycles. The molecule has 0 aromatic heterocycles. The zero-order chi connectivity index (χ0) is 18.2. The van der Waals surface area contributed by atoms with Gasteiger partial charge in [-0.05, 0) is 37.5 Å². The van der Waals surface area contributed by atoms with E-state index in [0.29, 0.717) is 6.54 Å². The van der Waals surface area contributed by atoms with Crippen LogP contribution in [0.3, 0.4) is 0 Å². The predicted octanol–water partition coefficient (Wildman–Crippen LogP) is 2.84. The fourth-order valence-electron chi connectivity index (χ4n) is 2.62. The van der Waals surface area contributed by atoms with Crippen molar-refractivity contribution in [2.45, 2.75) is 50.7 Å². The van der Waals surface area contributed by atoms with Crippen LogP contribution in [0, 0.1) is 0 Å². The van der Waals surface area contributed by atoms with Crippen LogP contribution in [0.5, 0.6) is 0 Å². The average molecular weight is 358 g/mol. The minimum atomic E-state index is -1.82. The van der Waals surface area contributed by atoms with Gasteiger partial charge in [-0.2, -0.15) is 0 Å². The smallest absolute Gasteiger partial charge is 0.414 e. The lowest BCUT2D eigenvalue weighted by molar-refractivity contribution is -0.159. The Morgan fingerprint density at radius 3 is 2.29 bits per heavy atom. The van der Waals surface area contributed by atoms with Crippen LogP contribution < -0.4 is 5.32 Å². The SMILES string of the molecule is CC(NCC1(O)CCCCC1)c1cccc(Cl)c1.O=C(O)C(=O)O. The van der Waals surface area contributed by atoms with Gasteiger partial charge >= 0.3 is 11.9 Å². The fraction of sp³-hybridized carbons (Fsp3) is 0.529. The van der Waals surface area contributed by atoms with Gasteiger partial charge in [-0.25, -0.2) is 9.59 Å². The Hall–Kier alpha value is -1.63. The lowest BCUT2D eigenvalue weighted by Crippen LogP contribution is -2.42. The number of rotatable bonds is 4. The molecule has 1 unspecified atom stereocenters. The molecule has 24 heavy (non-hydrogen) atoms. The van der Waals surface area contributed by atoms with E-state index in [4.69, 9.17) is 31.4 Å². The number of benzene rings is 1. The summed E-state index contributed by atoms with van der Waals surface area (Å²) in [6, 6.07) is 8.10. The van der Waals surface area contributed by atoms with Crippen molar-refractivity contribution >= 4 is 23.5 Å². The summed E-state index contributed by atoms with van der Waals surface area (Å²) in [5.41, 5.74) is 0.660. The predicted molar refractivity (Wildman–Crippen MR) is 91.2 cm³/mol. The molecule has 134 valence electrons. The Labute approximate surface area is 146 Å². The number of aliphatic carboxylic acids is 2. The van der Waals surface area contributed by atoms with E-state index in [0.717, 1.165) is 30.7 Å². The lowest BCUT2D eigenvalue weighted by atomic mass is 9.84. The van der Waals surface area contributed by atoms with E-state index in [-0.39, 0.29) is 6.04 Å². The van der Waals surface area contributed by atoms with Crippen molar-refractivity contribution in [3.63, 3.8) is 0 Å². The van der Waals surface area contributed by atoms with Crippen LogP contribution in [-0.2, 0) is 9.59 Å². The van der Waals surface area contributed by atoms with Gasteiger partial charge in [-0.1, -0.05) is 43.0 Å². The molecule has 0 heterocycles. The highest BCUT2D eigenvalue weighted by atomic mass is 35.5. The maximum Gasteiger partial charge on any atom is 0.414 e. The summed E-state index contributed by atoms with van der Waals surface area (Å²) in [4.78, 5) is 18.2. The summed E-state index contributed by atoms with van der Waals surface area (Å²) >= 11 is 5.99. The summed E-state index contributed by atoms with van der Waals surface area (Å²) in [6.07, 6.45) is 5.38. The third-order valence-corrected chi connectivity index (χ3v) is 4.29. The molecule has 0 aliphatic heterocycles. The number of hydrogen-bond acceptors (Lipinski definition) is 4. The maximum absolute atomic E-state index is 10.4. The Kier molecular flexibility index (Phi) is 8.18. The van der Waals surface area contributed by atoms with Gasteiger partial charge in [-0.3, -0.25) is 0 Å². The lowest BCUT2D eigenvalue weighted by Gasteiger charge is -2.33. The van der Waals surface area contributed by atoms with Crippen LogP contribution in [0.1, 0.15) is 50.6 Å². The van der Waals surface area contributed by atoms with Crippen LogP contribution >= 0.6 is 11.6 Å². The first-order chi connectivity index (χ1) is 11.2. The molecule has 1 saturated carbocycles. The van der Waals surface area contributed by atoms with Crippen molar-refractivity contribution in [3.05, 3.63) is 34.9 Å². The van der Waals surface area contributed by atoms with E-state index in [2.05, 4.69) is 18.3 Å². The molecule has 1 aromatic carbocycles. The fourth-order valence-corrected chi connectivity index (χ4v) is 2.82. The third-order valence-electron chi connectivity index (χ3n) is 4.05. The number of carbonyl (C=O) groups is 2. The number of halogens is 1. The molecule has 0 saturated heterocycles. The van der Waals surface area contributed by atoms with Crippen molar-refractivity contribution in [2.24, 2.45) is 0 Å². The molecule has 1 aliphatic rings. The van der Waals surface area contributed by atoms with E-state index in [1.165, 1.54) is 12.0 Å². The van der Waals surface area contributed by atoms with Crippen molar-refractivity contribution in [1.82, 2.24) is 5.32 Å². The molecular formula is C17H24ClNO5. The Balaban J connectivity index is 0.000000413. The van der Waals surface area contributed by atoms with Gasteiger partial charge < -0.3 is 20.6 Å². The quantitative estimate of drug-likeness (QED) is 0.617. The highest BCUT2D eigenvalue weighted by molar-refractivity contribution is 6.30. The molecule has 0 amide bonds. The van der Waals surface area contributed by atoms with E-state index < -0.39 is 17.5 Å². The maximum atomic E-state index is 10.4. The zero-order valence-corrected chi connectivity index (χ0v) is 14.4. The standard InChI is InChI=1S/C15H22ClNO.C2H2O4/c1-12(13-6-5-7-14(16)10-13)17-11-15(18)8-3-2-4-9-15;3-1(4)2(5)6/h5-7,10,12,17-18H,2-4,8-9,11H2,1H3;(H,3,4)(H,5,6).